The molecule has 6 heterocycles. The molecular weight excluding hydrogens is 572 g/mol. The Balaban J connectivity index is 1.56. The van der Waals surface area contributed by atoms with E-state index in [0.717, 1.165) is 25.6 Å². The Morgan fingerprint density at radius 1 is 1.20 bits per heavy atom. The number of carbonyl (C=O) groups is 1. The van der Waals surface area contributed by atoms with E-state index in [1.165, 1.54) is 10.8 Å². The maximum Gasteiger partial charge on any atom is 0.341 e. The molecule has 13 heteroatoms. The predicted molar refractivity (Wildman–Crippen MR) is 164 cm³/mol. The van der Waals surface area contributed by atoms with Crippen LogP contribution < -0.4 is 15.6 Å². The SMILES string of the molecule is CNc1cc(F)c(F)c2c1[nH]c1ncc(-c3cnc4c(c3)c(=O)c(C(=O)O)cn4C(C)CO)c(N3CCC4CN(C)C[C@H]43)c12. The molecule has 2 aliphatic rings. The van der Waals surface area contributed by atoms with Crippen molar-refractivity contribution in [2.24, 2.45) is 5.92 Å². The summed E-state index contributed by atoms with van der Waals surface area (Å²) in [6.45, 7) is 3.78. The molecule has 4 N–H and O–H groups in total. The number of nitrogens with one attached hydrogen (secondary N) is 2. The van der Waals surface area contributed by atoms with Crippen LogP contribution >= 0.6 is 0 Å². The molecule has 0 aliphatic carbocycles. The number of carboxylic acids is 1. The summed E-state index contributed by atoms with van der Waals surface area (Å²) in [5.41, 5.74) is 1.89. The van der Waals surface area contributed by atoms with Crippen molar-refractivity contribution in [3.05, 3.63) is 58.1 Å². The highest BCUT2D eigenvalue weighted by Gasteiger charge is 2.42. The van der Waals surface area contributed by atoms with Crippen LogP contribution in [0.2, 0.25) is 0 Å². The van der Waals surface area contributed by atoms with Crippen LogP contribution in [-0.4, -0.2) is 87.0 Å². The fourth-order valence-electron chi connectivity index (χ4n) is 7.06. The Hall–Kier alpha value is -4.62. The highest BCUT2D eigenvalue weighted by molar-refractivity contribution is 6.18. The van der Waals surface area contributed by atoms with Gasteiger partial charge in [0.1, 0.15) is 16.9 Å². The topological polar surface area (TPSA) is 140 Å². The van der Waals surface area contributed by atoms with Crippen LogP contribution in [0.3, 0.4) is 0 Å². The molecule has 1 aromatic carbocycles. The first-order valence-corrected chi connectivity index (χ1v) is 14.5. The minimum Gasteiger partial charge on any atom is -0.477 e. The van der Waals surface area contributed by atoms with E-state index >= 15 is 4.39 Å². The molecule has 3 atom stereocenters. The Morgan fingerprint density at radius 3 is 2.73 bits per heavy atom. The van der Waals surface area contributed by atoms with Gasteiger partial charge in [-0.1, -0.05) is 0 Å². The summed E-state index contributed by atoms with van der Waals surface area (Å²) >= 11 is 0. The van der Waals surface area contributed by atoms with Crippen LogP contribution in [0, 0.1) is 17.6 Å². The van der Waals surface area contributed by atoms with Crippen molar-refractivity contribution in [2.75, 3.05) is 50.6 Å². The number of halogens is 2. The van der Waals surface area contributed by atoms with Gasteiger partial charge in [0.25, 0.3) is 0 Å². The van der Waals surface area contributed by atoms with Gasteiger partial charge in [-0.15, -0.1) is 0 Å². The number of fused-ring (bicyclic) bond motifs is 5. The smallest absolute Gasteiger partial charge is 0.341 e. The third kappa shape index (κ3) is 4.06. The minimum atomic E-state index is -1.39. The molecule has 0 radical (unpaired) electrons. The number of aromatic nitrogens is 4. The Morgan fingerprint density at radius 2 is 2.00 bits per heavy atom. The first-order chi connectivity index (χ1) is 21.1. The maximum atomic E-state index is 15.7. The molecule has 44 heavy (non-hydrogen) atoms. The van der Waals surface area contributed by atoms with Crippen molar-refractivity contribution in [1.82, 2.24) is 24.4 Å². The van der Waals surface area contributed by atoms with Crippen molar-refractivity contribution in [3.63, 3.8) is 0 Å². The minimum absolute atomic E-state index is 0.0577. The van der Waals surface area contributed by atoms with E-state index in [9.17, 15) is 24.2 Å². The first-order valence-electron chi connectivity index (χ1n) is 14.5. The van der Waals surface area contributed by atoms with E-state index in [-0.39, 0.29) is 29.1 Å². The van der Waals surface area contributed by atoms with Crippen molar-refractivity contribution < 1.29 is 23.8 Å². The second-order valence-corrected chi connectivity index (χ2v) is 11.8. The number of benzene rings is 1. The molecule has 0 bridgehead atoms. The lowest BCUT2D eigenvalue weighted by Gasteiger charge is -2.29. The number of aliphatic hydroxyl groups excluding tert-OH is 1. The molecule has 4 aromatic heterocycles. The van der Waals surface area contributed by atoms with Crippen LogP contribution in [0.1, 0.15) is 29.7 Å². The molecule has 2 fully saturated rings. The van der Waals surface area contributed by atoms with E-state index in [1.54, 1.807) is 32.4 Å². The normalized spacial score (nSPS) is 19.4. The molecule has 7 rings (SSSR count). The van der Waals surface area contributed by atoms with Crippen LogP contribution in [0.5, 0.6) is 0 Å². The van der Waals surface area contributed by atoms with Crippen molar-refractivity contribution in [1.29, 1.82) is 0 Å². The van der Waals surface area contributed by atoms with Gasteiger partial charge in [0.15, 0.2) is 11.6 Å². The molecule has 2 aliphatic heterocycles. The Labute approximate surface area is 249 Å². The highest BCUT2D eigenvalue weighted by Crippen LogP contribution is 2.47. The number of likely N-dealkylation sites (N-methyl/N-ethyl adjacent to an activating group) is 1. The zero-order valence-electron chi connectivity index (χ0n) is 24.4. The first kappa shape index (κ1) is 28.2. The van der Waals surface area contributed by atoms with Crippen molar-refractivity contribution in [3.8, 4) is 11.1 Å². The number of carboxylic acid groups (broad SMARTS) is 1. The lowest BCUT2D eigenvalue weighted by atomic mass is 9.99. The third-order valence-corrected chi connectivity index (χ3v) is 9.20. The molecule has 0 saturated carbocycles. The van der Waals surface area contributed by atoms with Gasteiger partial charge in [0.05, 0.1) is 45.7 Å². The van der Waals surface area contributed by atoms with Gasteiger partial charge in [0.2, 0.25) is 5.43 Å². The molecule has 2 unspecified atom stereocenters. The van der Waals surface area contributed by atoms with Gasteiger partial charge in [-0.25, -0.2) is 23.5 Å². The molecule has 228 valence electrons. The third-order valence-electron chi connectivity index (χ3n) is 9.20. The van der Waals surface area contributed by atoms with Crippen LogP contribution in [0.4, 0.5) is 20.2 Å². The van der Waals surface area contributed by atoms with Gasteiger partial charge >= 0.3 is 5.97 Å². The van der Waals surface area contributed by atoms with Crippen molar-refractivity contribution >= 4 is 50.3 Å². The highest BCUT2D eigenvalue weighted by atomic mass is 19.2. The number of aromatic amines is 1. The van der Waals surface area contributed by atoms with Gasteiger partial charge in [-0.2, -0.15) is 0 Å². The number of hydrogen-bond donors (Lipinski definition) is 4. The van der Waals surface area contributed by atoms with E-state index < -0.39 is 34.6 Å². The lowest BCUT2D eigenvalue weighted by molar-refractivity contribution is 0.0694. The second-order valence-electron chi connectivity index (χ2n) is 11.8. The number of aliphatic hydroxyl groups is 1. The zero-order valence-corrected chi connectivity index (χ0v) is 24.4. The summed E-state index contributed by atoms with van der Waals surface area (Å²) in [5.74, 6) is -3.00. The summed E-state index contributed by atoms with van der Waals surface area (Å²) in [4.78, 5) is 42.3. The summed E-state index contributed by atoms with van der Waals surface area (Å²) in [6, 6.07) is 2.25. The van der Waals surface area contributed by atoms with Gasteiger partial charge in [-0.3, -0.25) is 4.79 Å². The standard InChI is InChI=1S/C31H31F2N7O4/c1-14(13-41)40-11-19(31(43)44)28(42)17-6-16(8-36-30(17)40)18-9-35-29-24(23-25(33)20(32)7-21(34-2)26(23)37-29)27(18)39-5-4-15-10-38(3)12-22(15)39/h6-9,11,14-15,22,34,41H,4-5,10,12-13H2,1-3H3,(H,35,37)(H,43,44)/t14?,15?,22-/m1/s1. The zero-order chi connectivity index (χ0) is 31.0. The van der Waals surface area contributed by atoms with Crippen LogP contribution in [-0.2, 0) is 0 Å². The fourth-order valence-corrected chi connectivity index (χ4v) is 7.06. The van der Waals surface area contributed by atoms with Crippen LogP contribution in [0.15, 0.2) is 35.5 Å². The Bertz CT molecular complexity index is 2060. The average molecular weight is 604 g/mol. The molecule has 0 spiro atoms. The molecule has 5 aromatic rings. The average Bonchev–Trinajstić information content (AvgIpc) is 3.70. The van der Waals surface area contributed by atoms with E-state index in [2.05, 4.69) is 37.1 Å². The van der Waals surface area contributed by atoms with Crippen LogP contribution in [0.25, 0.3) is 44.1 Å². The van der Waals surface area contributed by atoms with Crippen molar-refractivity contribution in [2.45, 2.75) is 25.4 Å². The maximum absolute atomic E-state index is 15.7. The summed E-state index contributed by atoms with van der Waals surface area (Å²) in [7, 11) is 3.69. The number of likely N-dealkylation sites (tertiary alicyclic amines) is 1. The van der Waals surface area contributed by atoms with Gasteiger partial charge in [-0.05, 0) is 32.4 Å². The number of pyridine rings is 3. The molecule has 0 amide bonds. The number of rotatable bonds is 6. The molecular formula is C31H31F2N7O4. The van der Waals surface area contributed by atoms with Gasteiger partial charge in [0, 0.05) is 68.5 Å². The largest absolute Gasteiger partial charge is 0.477 e. The summed E-state index contributed by atoms with van der Waals surface area (Å²) < 4.78 is 32.2. The number of H-pyrrole nitrogens is 1. The van der Waals surface area contributed by atoms with E-state index in [1.807, 2.05) is 0 Å². The summed E-state index contributed by atoms with van der Waals surface area (Å²) in [6.07, 6.45) is 5.31. The number of anilines is 2. The fraction of sp³-hybridized carbons (Fsp3) is 0.355. The van der Waals surface area contributed by atoms with Gasteiger partial charge < -0.3 is 34.9 Å². The molecule has 11 nitrogen and oxygen atoms in total. The quantitative estimate of drug-likeness (QED) is 0.228. The Kier molecular flexibility index (Phi) is 6.55. The van der Waals surface area contributed by atoms with E-state index in [0.29, 0.717) is 51.5 Å². The summed E-state index contributed by atoms with van der Waals surface area (Å²) in [5, 5.41) is 23.1. The van der Waals surface area contributed by atoms with E-state index in [4.69, 9.17) is 0 Å². The monoisotopic (exact) mass is 603 g/mol. The number of nitrogens with zero attached hydrogens (tertiary/aromatic N) is 5. The number of aromatic carboxylic acids is 1. The second kappa shape index (κ2) is 10.2. The predicted octanol–water partition coefficient (Wildman–Crippen LogP) is 3.80. The molecule has 2 saturated heterocycles. The number of hydrogen-bond acceptors (Lipinski definition) is 8. The lowest BCUT2D eigenvalue weighted by Crippen LogP contribution is -2.35.